The van der Waals surface area contributed by atoms with Gasteiger partial charge in [-0.2, -0.15) is 0 Å². The fourth-order valence-electron chi connectivity index (χ4n) is 3.93. The van der Waals surface area contributed by atoms with Crippen LogP contribution in [0.2, 0.25) is 0 Å². The SMILES string of the molecule is CCNC1(C(N)=O)CCCC(N(C)C2CCOC2C)C1. The van der Waals surface area contributed by atoms with Crippen molar-refractivity contribution in [2.75, 3.05) is 20.2 Å². The van der Waals surface area contributed by atoms with Gasteiger partial charge in [-0.15, -0.1) is 0 Å². The lowest BCUT2D eigenvalue weighted by atomic mass is 9.77. The maximum atomic E-state index is 11.9. The lowest BCUT2D eigenvalue weighted by molar-refractivity contribution is -0.126. The number of carbonyl (C=O) groups is 1. The number of primary amides is 1. The molecule has 1 heterocycles. The van der Waals surface area contributed by atoms with Gasteiger partial charge in [0.2, 0.25) is 5.91 Å². The molecule has 3 N–H and O–H groups in total. The third-order valence-corrected chi connectivity index (χ3v) is 5.15. The summed E-state index contributed by atoms with van der Waals surface area (Å²) in [6.45, 7) is 5.80. The van der Waals surface area contributed by atoms with Gasteiger partial charge in [-0.25, -0.2) is 0 Å². The van der Waals surface area contributed by atoms with Crippen LogP contribution in [0.3, 0.4) is 0 Å². The minimum Gasteiger partial charge on any atom is -0.377 e. The number of carbonyl (C=O) groups excluding carboxylic acids is 1. The Morgan fingerprint density at radius 1 is 1.50 bits per heavy atom. The summed E-state index contributed by atoms with van der Waals surface area (Å²) in [7, 11) is 2.17. The minimum absolute atomic E-state index is 0.201. The van der Waals surface area contributed by atoms with Gasteiger partial charge in [0.15, 0.2) is 0 Å². The van der Waals surface area contributed by atoms with Crippen molar-refractivity contribution in [3.8, 4) is 0 Å². The van der Waals surface area contributed by atoms with Crippen molar-refractivity contribution >= 4 is 5.91 Å². The van der Waals surface area contributed by atoms with Gasteiger partial charge >= 0.3 is 0 Å². The van der Waals surface area contributed by atoms with Gasteiger partial charge in [0, 0.05) is 18.7 Å². The molecule has 0 radical (unpaired) electrons. The second kappa shape index (κ2) is 6.41. The predicted molar refractivity (Wildman–Crippen MR) is 79.4 cm³/mol. The van der Waals surface area contributed by atoms with Crippen molar-refractivity contribution in [2.24, 2.45) is 5.73 Å². The van der Waals surface area contributed by atoms with E-state index < -0.39 is 5.54 Å². The largest absolute Gasteiger partial charge is 0.377 e. The van der Waals surface area contributed by atoms with E-state index in [0.29, 0.717) is 12.1 Å². The predicted octanol–water partition coefficient (Wildman–Crippen LogP) is 0.872. The van der Waals surface area contributed by atoms with Crippen LogP contribution in [0.25, 0.3) is 0 Å². The molecule has 2 aliphatic rings. The molecule has 2 rings (SSSR count). The Hall–Kier alpha value is -0.650. The summed E-state index contributed by atoms with van der Waals surface area (Å²) in [6, 6.07) is 0.870. The molecule has 2 fully saturated rings. The van der Waals surface area contributed by atoms with Crippen LogP contribution in [0.4, 0.5) is 0 Å². The van der Waals surface area contributed by atoms with Gasteiger partial charge in [-0.1, -0.05) is 6.92 Å². The zero-order valence-electron chi connectivity index (χ0n) is 13.0. The molecule has 0 spiro atoms. The fourth-order valence-corrected chi connectivity index (χ4v) is 3.93. The second-order valence-electron chi connectivity index (χ2n) is 6.32. The number of ether oxygens (including phenoxy) is 1. The van der Waals surface area contributed by atoms with E-state index in [-0.39, 0.29) is 12.0 Å². The Morgan fingerprint density at radius 3 is 2.80 bits per heavy atom. The van der Waals surface area contributed by atoms with Gasteiger partial charge in [0.25, 0.3) is 0 Å². The summed E-state index contributed by atoms with van der Waals surface area (Å²) >= 11 is 0. The number of nitrogens with zero attached hydrogens (tertiary/aromatic N) is 1. The van der Waals surface area contributed by atoms with Gasteiger partial charge in [-0.3, -0.25) is 9.69 Å². The van der Waals surface area contributed by atoms with E-state index in [1.54, 1.807) is 0 Å². The number of hydrogen-bond acceptors (Lipinski definition) is 4. The summed E-state index contributed by atoms with van der Waals surface area (Å²) in [4.78, 5) is 14.4. The molecule has 1 saturated carbocycles. The highest BCUT2D eigenvalue weighted by atomic mass is 16.5. The van der Waals surface area contributed by atoms with Crippen LogP contribution in [0.15, 0.2) is 0 Å². The summed E-state index contributed by atoms with van der Waals surface area (Å²) < 4.78 is 5.68. The van der Waals surface area contributed by atoms with Gasteiger partial charge in [0.1, 0.15) is 0 Å². The number of likely N-dealkylation sites (N-methyl/N-ethyl adjacent to an activating group) is 2. The third-order valence-electron chi connectivity index (χ3n) is 5.15. The van der Waals surface area contributed by atoms with Gasteiger partial charge in [-0.05, 0) is 52.6 Å². The quantitative estimate of drug-likeness (QED) is 0.786. The molecule has 0 aromatic heterocycles. The van der Waals surface area contributed by atoms with Crippen LogP contribution >= 0.6 is 0 Å². The average molecular weight is 283 g/mol. The Balaban J connectivity index is 2.07. The van der Waals surface area contributed by atoms with Gasteiger partial charge in [0.05, 0.1) is 11.6 Å². The average Bonchev–Trinajstić information content (AvgIpc) is 2.84. The molecule has 4 atom stereocenters. The number of hydrogen-bond donors (Lipinski definition) is 2. The maximum absolute atomic E-state index is 11.9. The molecule has 20 heavy (non-hydrogen) atoms. The first-order chi connectivity index (χ1) is 9.50. The van der Waals surface area contributed by atoms with E-state index >= 15 is 0 Å². The smallest absolute Gasteiger partial charge is 0.237 e. The molecule has 4 unspecified atom stereocenters. The van der Waals surface area contributed by atoms with Crippen LogP contribution in [0.1, 0.15) is 46.0 Å². The van der Waals surface area contributed by atoms with E-state index in [0.717, 1.165) is 45.3 Å². The lowest BCUT2D eigenvalue weighted by Crippen LogP contribution is -2.61. The summed E-state index contributed by atoms with van der Waals surface area (Å²) in [5.41, 5.74) is 5.17. The molecule has 1 saturated heterocycles. The number of nitrogens with two attached hydrogens (primary N) is 1. The van der Waals surface area contributed by atoms with Crippen LogP contribution in [-0.4, -0.2) is 54.7 Å². The normalized spacial score (nSPS) is 38.3. The van der Waals surface area contributed by atoms with Crippen LogP contribution in [0, 0.1) is 0 Å². The molecule has 0 aromatic rings. The maximum Gasteiger partial charge on any atom is 0.237 e. The summed E-state index contributed by atoms with van der Waals surface area (Å²) in [6.07, 6.45) is 5.23. The topological polar surface area (TPSA) is 67.6 Å². The first kappa shape index (κ1) is 15.7. The van der Waals surface area contributed by atoms with Crippen molar-refractivity contribution < 1.29 is 9.53 Å². The first-order valence-electron chi connectivity index (χ1n) is 7.88. The molecular weight excluding hydrogens is 254 g/mol. The molecule has 5 nitrogen and oxygen atoms in total. The van der Waals surface area contributed by atoms with Crippen molar-refractivity contribution in [3.05, 3.63) is 0 Å². The monoisotopic (exact) mass is 283 g/mol. The Bertz CT molecular complexity index is 346. The fraction of sp³-hybridized carbons (Fsp3) is 0.933. The lowest BCUT2D eigenvalue weighted by Gasteiger charge is -2.44. The standard InChI is InChI=1S/C15H29N3O2/c1-4-17-15(14(16)19)8-5-6-12(10-15)18(3)13-7-9-20-11(13)2/h11-13,17H,4-10H2,1-3H3,(H2,16,19). The summed E-state index contributed by atoms with van der Waals surface area (Å²) in [5, 5.41) is 3.35. The molecule has 1 amide bonds. The Labute approximate surface area is 122 Å². The molecule has 0 aromatic carbocycles. The van der Waals surface area contributed by atoms with Gasteiger partial charge < -0.3 is 15.8 Å². The third kappa shape index (κ3) is 3.00. The van der Waals surface area contributed by atoms with Crippen molar-refractivity contribution in [2.45, 2.75) is 69.7 Å². The van der Waals surface area contributed by atoms with Crippen molar-refractivity contribution in [3.63, 3.8) is 0 Å². The van der Waals surface area contributed by atoms with Crippen molar-refractivity contribution in [1.82, 2.24) is 10.2 Å². The summed E-state index contributed by atoms with van der Waals surface area (Å²) in [5.74, 6) is -0.201. The number of nitrogens with one attached hydrogen (secondary N) is 1. The highest BCUT2D eigenvalue weighted by molar-refractivity contribution is 5.84. The van der Waals surface area contributed by atoms with Crippen LogP contribution in [0.5, 0.6) is 0 Å². The van der Waals surface area contributed by atoms with E-state index in [2.05, 4.69) is 24.2 Å². The molecule has 0 bridgehead atoms. The molecular formula is C15H29N3O2. The molecule has 1 aliphatic carbocycles. The highest BCUT2D eigenvalue weighted by Crippen LogP contribution is 2.33. The Morgan fingerprint density at radius 2 is 2.25 bits per heavy atom. The number of rotatable bonds is 5. The van der Waals surface area contributed by atoms with E-state index in [1.165, 1.54) is 0 Å². The zero-order chi connectivity index (χ0) is 14.8. The Kier molecular flexibility index (Phi) is 5.04. The zero-order valence-corrected chi connectivity index (χ0v) is 13.0. The van der Waals surface area contributed by atoms with Crippen molar-refractivity contribution in [1.29, 1.82) is 0 Å². The molecule has 1 aliphatic heterocycles. The molecule has 5 heteroatoms. The van der Waals surface area contributed by atoms with E-state index in [4.69, 9.17) is 10.5 Å². The minimum atomic E-state index is -0.519. The van der Waals surface area contributed by atoms with E-state index in [9.17, 15) is 4.79 Å². The number of amides is 1. The first-order valence-corrected chi connectivity index (χ1v) is 7.88. The highest BCUT2D eigenvalue weighted by Gasteiger charge is 2.43. The van der Waals surface area contributed by atoms with E-state index in [1.807, 2.05) is 6.92 Å². The van der Waals surface area contributed by atoms with Crippen LogP contribution < -0.4 is 11.1 Å². The second-order valence-corrected chi connectivity index (χ2v) is 6.32. The molecule has 116 valence electrons. The van der Waals surface area contributed by atoms with Crippen LogP contribution in [-0.2, 0) is 9.53 Å².